The molecular weight excluding hydrogens is 196 g/mol. The van der Waals surface area contributed by atoms with Crippen LogP contribution in [0.4, 0.5) is 11.4 Å². The summed E-state index contributed by atoms with van der Waals surface area (Å²) in [4.78, 5) is 2.42. The molecule has 0 aromatic heterocycles. The Bertz CT molecular complexity index is 356. The largest absolute Gasteiger partial charge is 0.397 e. The number of nitrogen functional groups attached to an aromatic ring is 1. The van der Waals surface area contributed by atoms with Crippen LogP contribution in [0.5, 0.6) is 0 Å². The van der Waals surface area contributed by atoms with Crippen LogP contribution in [0.25, 0.3) is 0 Å². The van der Waals surface area contributed by atoms with Crippen LogP contribution >= 0.6 is 0 Å². The first-order valence-corrected chi connectivity index (χ1v) is 6.31. The lowest BCUT2D eigenvalue weighted by molar-refractivity contribution is 0.318. The van der Waals surface area contributed by atoms with Crippen molar-refractivity contribution >= 4 is 11.4 Å². The lowest BCUT2D eigenvalue weighted by atomic mass is 9.85. The fraction of sp³-hybridized carbons (Fsp3) is 0.571. The Morgan fingerprint density at radius 2 is 2.12 bits per heavy atom. The molecule has 0 radical (unpaired) electrons. The Hall–Kier alpha value is -1.18. The van der Waals surface area contributed by atoms with Gasteiger partial charge in [-0.1, -0.05) is 12.5 Å². The molecule has 0 heterocycles. The van der Waals surface area contributed by atoms with Gasteiger partial charge in [-0.3, -0.25) is 0 Å². The van der Waals surface area contributed by atoms with Crippen molar-refractivity contribution in [1.29, 1.82) is 0 Å². The molecule has 2 rings (SSSR count). The second-order valence-electron chi connectivity index (χ2n) is 4.90. The van der Waals surface area contributed by atoms with Crippen molar-refractivity contribution in [3.8, 4) is 0 Å². The van der Waals surface area contributed by atoms with E-state index < -0.39 is 0 Å². The topological polar surface area (TPSA) is 29.3 Å². The minimum absolute atomic E-state index is 0.889. The third kappa shape index (κ3) is 2.31. The number of aryl methyl sites for hydroxylation is 1. The van der Waals surface area contributed by atoms with E-state index in [1.165, 1.54) is 37.1 Å². The zero-order chi connectivity index (χ0) is 11.5. The average Bonchev–Trinajstić information content (AvgIpc) is 2.21. The fourth-order valence-corrected chi connectivity index (χ4v) is 2.31. The van der Waals surface area contributed by atoms with Crippen LogP contribution in [0.15, 0.2) is 18.2 Å². The van der Waals surface area contributed by atoms with Crippen LogP contribution in [0.1, 0.15) is 31.7 Å². The van der Waals surface area contributed by atoms with Crippen molar-refractivity contribution in [2.75, 3.05) is 23.7 Å². The summed E-state index contributed by atoms with van der Waals surface area (Å²) in [6.07, 6.45) is 4.19. The van der Waals surface area contributed by atoms with Crippen LogP contribution in [0.3, 0.4) is 0 Å². The highest BCUT2D eigenvalue weighted by Gasteiger charge is 2.21. The number of hydrogen-bond donors (Lipinski definition) is 1. The molecule has 2 nitrogen and oxygen atoms in total. The van der Waals surface area contributed by atoms with Crippen molar-refractivity contribution < 1.29 is 0 Å². The first-order chi connectivity index (χ1) is 7.70. The standard InChI is InChI=1S/C14H22N2/c1-3-16(10-12-5-4-6-12)14-9-11(2)7-8-13(14)15/h7-9,12H,3-6,10,15H2,1-2H3. The highest BCUT2D eigenvalue weighted by atomic mass is 15.1. The van der Waals surface area contributed by atoms with E-state index in [-0.39, 0.29) is 0 Å². The summed E-state index contributed by atoms with van der Waals surface area (Å²) in [6.45, 7) is 6.55. The molecule has 16 heavy (non-hydrogen) atoms. The number of hydrogen-bond acceptors (Lipinski definition) is 2. The quantitative estimate of drug-likeness (QED) is 0.786. The molecule has 0 aliphatic heterocycles. The lowest BCUT2D eigenvalue weighted by Crippen LogP contribution is -2.32. The zero-order valence-electron chi connectivity index (χ0n) is 10.4. The molecule has 88 valence electrons. The molecule has 0 atom stereocenters. The molecule has 0 bridgehead atoms. The second kappa shape index (κ2) is 4.77. The maximum absolute atomic E-state index is 6.06. The van der Waals surface area contributed by atoms with Gasteiger partial charge in [0.1, 0.15) is 0 Å². The van der Waals surface area contributed by atoms with E-state index in [1.807, 2.05) is 6.07 Å². The lowest BCUT2D eigenvalue weighted by Gasteiger charge is -2.33. The Morgan fingerprint density at radius 3 is 2.69 bits per heavy atom. The average molecular weight is 218 g/mol. The van der Waals surface area contributed by atoms with Crippen LogP contribution in [0.2, 0.25) is 0 Å². The number of rotatable bonds is 4. The third-order valence-corrected chi connectivity index (χ3v) is 3.61. The van der Waals surface area contributed by atoms with Crippen molar-refractivity contribution in [1.82, 2.24) is 0 Å². The van der Waals surface area contributed by atoms with Gasteiger partial charge in [0, 0.05) is 13.1 Å². The summed E-state index contributed by atoms with van der Waals surface area (Å²) < 4.78 is 0. The molecule has 2 heteroatoms. The van der Waals surface area contributed by atoms with Crippen LogP contribution < -0.4 is 10.6 Å². The SMILES string of the molecule is CCN(CC1CCC1)c1cc(C)ccc1N. The van der Waals surface area contributed by atoms with Gasteiger partial charge in [-0.25, -0.2) is 0 Å². The van der Waals surface area contributed by atoms with Gasteiger partial charge in [0.2, 0.25) is 0 Å². The molecular formula is C14H22N2. The highest BCUT2D eigenvalue weighted by molar-refractivity contribution is 5.68. The molecule has 1 saturated carbocycles. The molecule has 0 saturated heterocycles. The Labute approximate surface area is 98.4 Å². The van der Waals surface area contributed by atoms with Gasteiger partial charge in [-0.2, -0.15) is 0 Å². The Morgan fingerprint density at radius 1 is 1.38 bits per heavy atom. The highest BCUT2D eigenvalue weighted by Crippen LogP contribution is 2.31. The Balaban J connectivity index is 2.14. The fourth-order valence-electron chi connectivity index (χ4n) is 2.31. The molecule has 1 aliphatic carbocycles. The van der Waals surface area contributed by atoms with Crippen LogP contribution in [-0.4, -0.2) is 13.1 Å². The summed E-state index contributed by atoms with van der Waals surface area (Å²) in [5, 5.41) is 0. The van der Waals surface area contributed by atoms with Gasteiger partial charge in [-0.05, 0) is 50.3 Å². The number of nitrogens with zero attached hydrogens (tertiary/aromatic N) is 1. The zero-order valence-corrected chi connectivity index (χ0v) is 10.4. The van der Waals surface area contributed by atoms with Gasteiger partial charge in [-0.15, -0.1) is 0 Å². The maximum Gasteiger partial charge on any atom is 0.0602 e. The summed E-state index contributed by atoms with van der Waals surface area (Å²) in [5.41, 5.74) is 9.47. The smallest absolute Gasteiger partial charge is 0.0602 e. The Kier molecular flexibility index (Phi) is 3.37. The van der Waals surface area contributed by atoms with Gasteiger partial charge in [0.05, 0.1) is 11.4 Å². The van der Waals surface area contributed by atoms with Gasteiger partial charge >= 0.3 is 0 Å². The third-order valence-electron chi connectivity index (χ3n) is 3.61. The van der Waals surface area contributed by atoms with Gasteiger partial charge in [0.25, 0.3) is 0 Å². The predicted molar refractivity (Wildman–Crippen MR) is 70.8 cm³/mol. The maximum atomic E-state index is 6.06. The minimum Gasteiger partial charge on any atom is -0.397 e. The molecule has 1 aliphatic rings. The minimum atomic E-state index is 0.889. The van der Waals surface area contributed by atoms with E-state index in [2.05, 4.69) is 30.9 Å². The van der Waals surface area contributed by atoms with E-state index in [0.29, 0.717) is 0 Å². The summed E-state index contributed by atoms with van der Waals surface area (Å²) in [6, 6.07) is 6.31. The van der Waals surface area contributed by atoms with Gasteiger partial charge < -0.3 is 10.6 Å². The first kappa shape index (κ1) is 11.3. The summed E-state index contributed by atoms with van der Waals surface area (Å²) >= 11 is 0. The van der Waals surface area contributed by atoms with E-state index in [4.69, 9.17) is 5.73 Å². The van der Waals surface area contributed by atoms with E-state index in [0.717, 1.165) is 18.2 Å². The molecule has 0 spiro atoms. The number of benzene rings is 1. The molecule has 0 amide bonds. The predicted octanol–water partition coefficient (Wildman–Crippen LogP) is 3.20. The van der Waals surface area contributed by atoms with Crippen molar-refractivity contribution in [3.63, 3.8) is 0 Å². The monoisotopic (exact) mass is 218 g/mol. The first-order valence-electron chi connectivity index (χ1n) is 6.31. The normalized spacial score (nSPS) is 15.9. The molecule has 1 fully saturated rings. The van der Waals surface area contributed by atoms with E-state index in [9.17, 15) is 0 Å². The van der Waals surface area contributed by atoms with Crippen molar-refractivity contribution in [2.24, 2.45) is 5.92 Å². The number of nitrogens with two attached hydrogens (primary N) is 1. The van der Waals surface area contributed by atoms with Crippen molar-refractivity contribution in [2.45, 2.75) is 33.1 Å². The van der Waals surface area contributed by atoms with Crippen molar-refractivity contribution in [3.05, 3.63) is 23.8 Å². The van der Waals surface area contributed by atoms with Crippen LogP contribution in [-0.2, 0) is 0 Å². The summed E-state index contributed by atoms with van der Waals surface area (Å²) in [7, 11) is 0. The van der Waals surface area contributed by atoms with E-state index in [1.54, 1.807) is 0 Å². The molecule has 1 aromatic carbocycles. The van der Waals surface area contributed by atoms with Gasteiger partial charge in [0.15, 0.2) is 0 Å². The molecule has 0 unspecified atom stereocenters. The van der Waals surface area contributed by atoms with Crippen LogP contribution in [0, 0.1) is 12.8 Å². The second-order valence-corrected chi connectivity index (χ2v) is 4.90. The number of anilines is 2. The van der Waals surface area contributed by atoms with E-state index >= 15 is 0 Å². The molecule has 1 aromatic rings. The molecule has 2 N–H and O–H groups in total. The summed E-state index contributed by atoms with van der Waals surface area (Å²) in [5.74, 6) is 0.889.